The topological polar surface area (TPSA) is 44.7 Å². The molecule has 182 valence electrons. The summed E-state index contributed by atoms with van der Waals surface area (Å²) in [6.45, 7) is 3.21. The van der Waals surface area contributed by atoms with E-state index in [-0.39, 0.29) is 29.9 Å². The van der Waals surface area contributed by atoms with Crippen molar-refractivity contribution in [3.8, 4) is 0 Å². The number of rotatable bonds is 7. The molecule has 0 aromatic heterocycles. The second kappa shape index (κ2) is 10.6. The number of benzene rings is 1. The van der Waals surface area contributed by atoms with E-state index >= 15 is 0 Å². The van der Waals surface area contributed by atoms with Crippen LogP contribution in [0.5, 0.6) is 0 Å². The highest BCUT2D eigenvalue weighted by molar-refractivity contribution is 8.14. The number of halogens is 3. The molecule has 4 bridgehead atoms. The number of hydrogen-bond acceptors (Lipinski definition) is 3. The number of hydrogen-bond donors (Lipinski definition) is 1. The zero-order chi connectivity index (χ0) is 22.3. The van der Waals surface area contributed by atoms with Gasteiger partial charge in [-0.05, 0) is 80.9 Å². The Labute approximate surface area is 218 Å². The third kappa shape index (κ3) is 5.79. The van der Waals surface area contributed by atoms with Crippen LogP contribution in [-0.4, -0.2) is 39.9 Å². The monoisotopic (exact) mass is 529 g/mol. The molecule has 0 radical (unpaired) electrons. The maximum atomic E-state index is 12.9. The largest absolute Gasteiger partial charge is 0.347 e. The minimum atomic E-state index is 0. The van der Waals surface area contributed by atoms with Gasteiger partial charge in [0.25, 0.3) is 0 Å². The minimum absolute atomic E-state index is 0. The molecule has 1 N–H and O–H groups in total. The van der Waals surface area contributed by atoms with E-state index in [2.05, 4.69) is 17.1 Å². The van der Waals surface area contributed by atoms with Crippen molar-refractivity contribution in [2.24, 2.45) is 22.7 Å². The molecule has 0 spiro atoms. The Balaban J connectivity index is 0.00000259. The molecule has 1 aliphatic heterocycles. The molecule has 1 heterocycles. The number of amides is 1. The van der Waals surface area contributed by atoms with E-state index in [1.54, 1.807) is 18.2 Å². The molecular weight excluding hydrogens is 497 g/mol. The molecule has 5 fully saturated rings. The van der Waals surface area contributed by atoms with Gasteiger partial charge in [0, 0.05) is 40.5 Å². The lowest BCUT2D eigenvalue weighted by Crippen LogP contribution is -2.50. The van der Waals surface area contributed by atoms with Crippen molar-refractivity contribution in [1.82, 2.24) is 4.90 Å². The number of nitrogens with one attached hydrogen (secondary N) is 1. The van der Waals surface area contributed by atoms with E-state index < -0.39 is 0 Å². The third-order valence-corrected chi connectivity index (χ3v) is 9.32. The quantitative estimate of drug-likeness (QED) is 0.403. The summed E-state index contributed by atoms with van der Waals surface area (Å²) in [5.41, 5.74) is 0.830. The minimum Gasteiger partial charge on any atom is -0.347 e. The molecule has 6 rings (SSSR count). The van der Waals surface area contributed by atoms with Gasteiger partial charge in [-0.15, -0.1) is 12.4 Å². The number of carbonyl (C=O) groups excluding carboxylic acids is 1. The van der Waals surface area contributed by atoms with Crippen molar-refractivity contribution in [3.05, 3.63) is 28.2 Å². The molecule has 1 atom stereocenters. The fourth-order valence-electron chi connectivity index (χ4n) is 6.83. The fourth-order valence-corrected chi connectivity index (χ4v) is 8.66. The average Bonchev–Trinajstić information content (AvgIpc) is 3.04. The highest BCUT2D eigenvalue weighted by atomic mass is 35.5. The smallest absolute Gasteiger partial charge is 0.226 e. The first-order chi connectivity index (χ1) is 15.4. The first-order valence-electron chi connectivity index (χ1n) is 12.2. The van der Waals surface area contributed by atoms with Crippen LogP contribution in [0.25, 0.3) is 0 Å². The molecule has 1 unspecified atom stereocenters. The Morgan fingerprint density at radius 2 is 1.73 bits per heavy atom. The Morgan fingerprint density at radius 1 is 1.12 bits per heavy atom. The maximum Gasteiger partial charge on any atom is 0.226 e. The second-order valence-corrected chi connectivity index (χ2v) is 12.3. The predicted octanol–water partition coefficient (Wildman–Crippen LogP) is 7.29. The molecule has 33 heavy (non-hydrogen) atoms. The van der Waals surface area contributed by atoms with Gasteiger partial charge < -0.3 is 10.2 Å². The molecular formula is C25H34Cl3N3OS. The van der Waals surface area contributed by atoms with E-state index in [4.69, 9.17) is 28.2 Å². The van der Waals surface area contributed by atoms with Crippen LogP contribution in [0.2, 0.25) is 10.0 Å². The number of amidine groups is 1. The van der Waals surface area contributed by atoms with Crippen LogP contribution in [-0.2, 0) is 4.79 Å². The third-order valence-electron chi connectivity index (χ3n) is 7.75. The van der Waals surface area contributed by atoms with E-state index in [1.807, 2.05) is 11.8 Å². The zero-order valence-corrected chi connectivity index (χ0v) is 22.3. The molecule has 1 amide bonds. The number of carbonyl (C=O) groups is 1. The van der Waals surface area contributed by atoms with Crippen molar-refractivity contribution in [2.75, 3.05) is 17.6 Å². The number of thioether (sulfide) groups is 1. The van der Waals surface area contributed by atoms with E-state index in [1.165, 1.54) is 43.7 Å². The number of unbranched alkanes of at least 4 members (excludes halogenated alkanes) is 1. The molecule has 4 aliphatic carbocycles. The van der Waals surface area contributed by atoms with Gasteiger partial charge >= 0.3 is 0 Å². The van der Waals surface area contributed by atoms with E-state index in [9.17, 15) is 4.79 Å². The van der Waals surface area contributed by atoms with Crippen LogP contribution >= 0.6 is 47.4 Å². The van der Waals surface area contributed by atoms with Crippen LogP contribution in [0, 0.1) is 17.8 Å². The van der Waals surface area contributed by atoms with Gasteiger partial charge in [-0.2, -0.15) is 0 Å². The van der Waals surface area contributed by atoms with Crippen LogP contribution in [0.4, 0.5) is 5.69 Å². The van der Waals surface area contributed by atoms with Gasteiger partial charge in [0.1, 0.15) is 0 Å². The number of nitrogens with zero attached hydrogens (tertiary/aromatic N) is 2. The van der Waals surface area contributed by atoms with Gasteiger partial charge in [0.05, 0.1) is 5.54 Å². The normalized spacial score (nSPS) is 33.4. The highest BCUT2D eigenvalue weighted by Gasteiger charge is 2.51. The van der Waals surface area contributed by atoms with E-state index in [0.717, 1.165) is 42.9 Å². The summed E-state index contributed by atoms with van der Waals surface area (Å²) >= 11 is 14.0. The van der Waals surface area contributed by atoms with Crippen LogP contribution in [0.1, 0.15) is 64.7 Å². The SMILES string of the molecule is CCCCN1/C(=N/C23CC4CC(CC(C4)C2)C3)SCC1CC(=O)Nc1cc(Cl)cc(Cl)c1.Cl. The van der Waals surface area contributed by atoms with Crippen molar-refractivity contribution >= 4 is 64.1 Å². The summed E-state index contributed by atoms with van der Waals surface area (Å²) in [5.74, 6) is 3.62. The van der Waals surface area contributed by atoms with Gasteiger partial charge in [0.15, 0.2) is 5.17 Å². The maximum absolute atomic E-state index is 12.9. The zero-order valence-electron chi connectivity index (χ0n) is 19.2. The van der Waals surface area contributed by atoms with Crippen molar-refractivity contribution in [3.63, 3.8) is 0 Å². The van der Waals surface area contributed by atoms with Gasteiger partial charge in [-0.1, -0.05) is 48.3 Å². The molecule has 4 saturated carbocycles. The molecule has 1 aromatic carbocycles. The van der Waals surface area contributed by atoms with Gasteiger partial charge in [-0.25, -0.2) is 0 Å². The molecule has 8 heteroatoms. The summed E-state index contributed by atoms with van der Waals surface area (Å²) in [4.78, 5) is 20.8. The lowest BCUT2D eigenvalue weighted by Gasteiger charge is -2.55. The lowest BCUT2D eigenvalue weighted by molar-refractivity contribution is -0.116. The molecule has 4 nitrogen and oxygen atoms in total. The van der Waals surface area contributed by atoms with Gasteiger partial charge in [-0.3, -0.25) is 9.79 Å². The van der Waals surface area contributed by atoms with Crippen molar-refractivity contribution in [1.29, 1.82) is 0 Å². The van der Waals surface area contributed by atoms with Crippen LogP contribution < -0.4 is 5.32 Å². The Kier molecular flexibility index (Phi) is 8.15. The first kappa shape index (κ1) is 25.5. The summed E-state index contributed by atoms with van der Waals surface area (Å²) in [7, 11) is 0. The Hall–Kier alpha value is -0.620. The number of aliphatic imine (C=N–C) groups is 1. The van der Waals surface area contributed by atoms with Crippen LogP contribution in [0.3, 0.4) is 0 Å². The summed E-state index contributed by atoms with van der Waals surface area (Å²) in [5, 5.41) is 5.24. The van der Waals surface area contributed by atoms with Gasteiger partial charge in [0.2, 0.25) is 5.91 Å². The standard InChI is InChI=1S/C25H33Cl2N3OS.ClH/c1-2-3-4-30-22(11-23(31)28-21-9-19(26)8-20(27)10-21)15-32-24(30)29-25-12-16-5-17(13-25)7-18(6-16)14-25;/h8-10,16-18,22H,2-7,11-15H2,1H3,(H,28,31);1H/b29-24-;. The second-order valence-electron chi connectivity index (χ2n) is 10.5. The summed E-state index contributed by atoms with van der Waals surface area (Å²) < 4.78 is 0. The van der Waals surface area contributed by atoms with Crippen LogP contribution in [0.15, 0.2) is 23.2 Å². The lowest BCUT2D eigenvalue weighted by atomic mass is 9.53. The Bertz CT molecular complexity index is 853. The average molecular weight is 531 g/mol. The summed E-state index contributed by atoms with van der Waals surface area (Å²) in [6, 6.07) is 5.34. The Morgan fingerprint density at radius 3 is 2.30 bits per heavy atom. The highest BCUT2D eigenvalue weighted by Crippen LogP contribution is 2.57. The van der Waals surface area contributed by atoms with E-state index in [0.29, 0.717) is 22.2 Å². The molecule has 1 saturated heterocycles. The molecule has 1 aromatic rings. The first-order valence-corrected chi connectivity index (χ1v) is 13.9. The fraction of sp³-hybridized carbons (Fsp3) is 0.680. The summed E-state index contributed by atoms with van der Waals surface area (Å²) in [6.07, 6.45) is 10.9. The molecule has 5 aliphatic rings. The predicted molar refractivity (Wildman–Crippen MR) is 143 cm³/mol. The van der Waals surface area contributed by atoms with Crippen molar-refractivity contribution < 1.29 is 4.79 Å². The number of anilines is 1. The van der Waals surface area contributed by atoms with Crippen molar-refractivity contribution in [2.45, 2.75) is 76.3 Å².